The Morgan fingerprint density at radius 2 is 2.25 bits per heavy atom. The minimum Gasteiger partial charge on any atom is -0.338 e. The Balaban J connectivity index is 1.22. The van der Waals surface area contributed by atoms with Gasteiger partial charge in [0.05, 0.1) is 6.33 Å². The van der Waals surface area contributed by atoms with Crippen molar-refractivity contribution in [3.63, 3.8) is 0 Å². The number of urea groups is 1. The molecule has 1 saturated heterocycles. The molecule has 3 fully saturated rings. The standard InChI is InChI=1S/C15H22N4O/c20-15(17-4-1-6-18-7-5-16-10-18)19-9-13-11-2-3-12(8-11)14(13)19/h5,7,10-14H,1-4,6,8-9H2,(H,17,20)/t11-,12-,13-,14+/m0/s1. The fourth-order valence-corrected chi connectivity index (χ4v) is 4.53. The first-order valence-electron chi connectivity index (χ1n) is 7.83. The molecule has 2 bridgehead atoms. The van der Waals surface area contributed by atoms with Gasteiger partial charge in [0.2, 0.25) is 0 Å². The van der Waals surface area contributed by atoms with Gasteiger partial charge in [0.1, 0.15) is 0 Å². The number of fused-ring (bicyclic) bond motifs is 5. The van der Waals surface area contributed by atoms with Crippen LogP contribution in [0.1, 0.15) is 25.7 Å². The number of carbonyl (C=O) groups excluding carboxylic acids is 1. The van der Waals surface area contributed by atoms with Gasteiger partial charge in [0, 0.05) is 44.0 Å². The molecule has 20 heavy (non-hydrogen) atoms. The summed E-state index contributed by atoms with van der Waals surface area (Å²) in [6.07, 6.45) is 10.6. The van der Waals surface area contributed by atoms with Gasteiger partial charge in [-0.3, -0.25) is 0 Å². The predicted molar refractivity (Wildman–Crippen MR) is 75.1 cm³/mol. The van der Waals surface area contributed by atoms with Crippen LogP contribution in [0.25, 0.3) is 0 Å². The van der Waals surface area contributed by atoms with E-state index < -0.39 is 0 Å². The van der Waals surface area contributed by atoms with Crippen molar-refractivity contribution in [2.75, 3.05) is 13.1 Å². The molecule has 2 heterocycles. The molecule has 0 radical (unpaired) electrons. The van der Waals surface area contributed by atoms with Gasteiger partial charge in [-0.2, -0.15) is 0 Å². The molecule has 0 spiro atoms. The van der Waals surface area contributed by atoms with Gasteiger partial charge >= 0.3 is 6.03 Å². The number of hydrogen-bond donors (Lipinski definition) is 1. The van der Waals surface area contributed by atoms with Crippen LogP contribution in [-0.4, -0.2) is 39.6 Å². The lowest BCUT2D eigenvalue weighted by molar-refractivity contribution is 0.0123. The monoisotopic (exact) mass is 274 g/mol. The van der Waals surface area contributed by atoms with Crippen LogP contribution in [0, 0.1) is 17.8 Å². The van der Waals surface area contributed by atoms with Crippen LogP contribution in [0.15, 0.2) is 18.7 Å². The Morgan fingerprint density at radius 1 is 1.35 bits per heavy atom. The maximum Gasteiger partial charge on any atom is 0.317 e. The first-order chi connectivity index (χ1) is 9.83. The van der Waals surface area contributed by atoms with Crippen molar-refractivity contribution in [1.29, 1.82) is 0 Å². The summed E-state index contributed by atoms with van der Waals surface area (Å²) in [5.74, 6) is 2.55. The van der Waals surface area contributed by atoms with E-state index in [4.69, 9.17) is 0 Å². The average molecular weight is 274 g/mol. The molecule has 1 aromatic rings. The maximum atomic E-state index is 12.2. The zero-order valence-corrected chi connectivity index (χ0v) is 11.7. The number of nitrogens with one attached hydrogen (secondary N) is 1. The second kappa shape index (κ2) is 4.79. The summed E-state index contributed by atoms with van der Waals surface area (Å²) in [4.78, 5) is 18.3. The highest BCUT2D eigenvalue weighted by molar-refractivity contribution is 5.75. The minimum absolute atomic E-state index is 0.157. The van der Waals surface area contributed by atoms with Crippen molar-refractivity contribution in [1.82, 2.24) is 19.8 Å². The molecule has 1 N–H and O–H groups in total. The minimum atomic E-state index is 0.157. The molecule has 5 heteroatoms. The molecule has 1 aromatic heterocycles. The Morgan fingerprint density at radius 3 is 3.05 bits per heavy atom. The number of hydrogen-bond acceptors (Lipinski definition) is 2. The molecule has 0 aromatic carbocycles. The number of carbonyl (C=O) groups is 1. The Hall–Kier alpha value is -1.52. The topological polar surface area (TPSA) is 50.2 Å². The van der Waals surface area contributed by atoms with E-state index >= 15 is 0 Å². The van der Waals surface area contributed by atoms with Gasteiger partial charge in [-0.05, 0) is 37.5 Å². The molecule has 2 aliphatic carbocycles. The lowest BCUT2D eigenvalue weighted by Crippen LogP contribution is -2.63. The van der Waals surface area contributed by atoms with Crippen molar-refractivity contribution in [2.24, 2.45) is 17.8 Å². The molecule has 108 valence electrons. The van der Waals surface area contributed by atoms with Gasteiger partial charge in [-0.15, -0.1) is 0 Å². The molecule has 2 saturated carbocycles. The third-order valence-corrected chi connectivity index (χ3v) is 5.50. The molecular formula is C15H22N4O. The van der Waals surface area contributed by atoms with Gasteiger partial charge < -0.3 is 14.8 Å². The first kappa shape index (κ1) is 12.2. The van der Waals surface area contributed by atoms with Crippen LogP contribution in [0.4, 0.5) is 4.79 Å². The summed E-state index contributed by atoms with van der Waals surface area (Å²) in [7, 11) is 0. The number of amides is 2. The maximum absolute atomic E-state index is 12.2. The van der Waals surface area contributed by atoms with Gasteiger partial charge in [-0.1, -0.05) is 0 Å². The van der Waals surface area contributed by atoms with Crippen LogP contribution in [0.2, 0.25) is 0 Å². The number of aromatic nitrogens is 2. The molecule has 3 aliphatic rings. The molecule has 4 atom stereocenters. The summed E-state index contributed by atoms with van der Waals surface area (Å²) in [6, 6.07) is 0.729. The number of rotatable bonds is 4. The summed E-state index contributed by atoms with van der Waals surface area (Å²) < 4.78 is 2.04. The fourth-order valence-electron chi connectivity index (χ4n) is 4.53. The highest BCUT2D eigenvalue weighted by atomic mass is 16.2. The normalized spacial score (nSPS) is 33.9. The summed E-state index contributed by atoms with van der Waals surface area (Å²) in [5, 5.41) is 3.07. The highest BCUT2D eigenvalue weighted by Crippen LogP contribution is 2.55. The van der Waals surface area contributed by atoms with E-state index in [1.54, 1.807) is 6.20 Å². The lowest BCUT2D eigenvalue weighted by Gasteiger charge is -2.50. The van der Waals surface area contributed by atoms with Gasteiger partial charge in [-0.25, -0.2) is 9.78 Å². The van der Waals surface area contributed by atoms with Crippen LogP contribution >= 0.6 is 0 Å². The van der Waals surface area contributed by atoms with E-state index in [2.05, 4.69) is 15.2 Å². The average Bonchev–Trinajstić information content (AvgIpc) is 3.09. The fraction of sp³-hybridized carbons (Fsp3) is 0.733. The van der Waals surface area contributed by atoms with E-state index in [1.165, 1.54) is 19.3 Å². The van der Waals surface area contributed by atoms with Crippen LogP contribution in [-0.2, 0) is 6.54 Å². The molecule has 4 rings (SSSR count). The second-order valence-electron chi connectivity index (χ2n) is 6.53. The number of imidazole rings is 1. The largest absolute Gasteiger partial charge is 0.338 e. The number of likely N-dealkylation sites (tertiary alicyclic amines) is 1. The van der Waals surface area contributed by atoms with Crippen molar-refractivity contribution in [3.8, 4) is 0 Å². The van der Waals surface area contributed by atoms with E-state index in [9.17, 15) is 4.79 Å². The van der Waals surface area contributed by atoms with E-state index in [-0.39, 0.29) is 6.03 Å². The molecule has 5 nitrogen and oxygen atoms in total. The third-order valence-electron chi connectivity index (χ3n) is 5.50. The Kier molecular flexibility index (Phi) is 2.93. The van der Waals surface area contributed by atoms with Gasteiger partial charge in [0.15, 0.2) is 0 Å². The Labute approximate surface area is 119 Å². The number of aryl methyl sites for hydroxylation is 1. The van der Waals surface area contributed by atoms with Crippen molar-refractivity contribution >= 4 is 6.03 Å². The van der Waals surface area contributed by atoms with Gasteiger partial charge in [0.25, 0.3) is 0 Å². The van der Waals surface area contributed by atoms with Crippen LogP contribution in [0.3, 0.4) is 0 Å². The summed E-state index contributed by atoms with van der Waals surface area (Å²) >= 11 is 0. The van der Waals surface area contributed by atoms with Crippen molar-refractivity contribution < 1.29 is 4.79 Å². The lowest BCUT2D eigenvalue weighted by atomic mass is 9.77. The number of nitrogens with zero attached hydrogens (tertiary/aromatic N) is 3. The second-order valence-corrected chi connectivity index (χ2v) is 6.53. The smallest absolute Gasteiger partial charge is 0.317 e. The molecule has 0 unspecified atom stereocenters. The van der Waals surface area contributed by atoms with E-state index in [0.29, 0.717) is 6.04 Å². The summed E-state index contributed by atoms with van der Waals surface area (Å²) in [5.41, 5.74) is 0. The van der Waals surface area contributed by atoms with Crippen LogP contribution < -0.4 is 5.32 Å². The molecular weight excluding hydrogens is 252 g/mol. The summed E-state index contributed by atoms with van der Waals surface area (Å²) in [6.45, 7) is 2.66. The van der Waals surface area contributed by atoms with E-state index in [1.807, 2.05) is 17.1 Å². The van der Waals surface area contributed by atoms with Crippen molar-refractivity contribution in [3.05, 3.63) is 18.7 Å². The SMILES string of the molecule is O=C(NCCCn1ccnc1)N1C[C@H]2[C@H]3CC[C@@H](C3)[C@H]21. The quantitative estimate of drug-likeness (QED) is 0.850. The van der Waals surface area contributed by atoms with Crippen LogP contribution in [0.5, 0.6) is 0 Å². The zero-order valence-electron chi connectivity index (χ0n) is 11.7. The zero-order chi connectivity index (χ0) is 13.5. The molecule has 1 aliphatic heterocycles. The third kappa shape index (κ3) is 1.91. The first-order valence-corrected chi connectivity index (χ1v) is 7.83. The van der Waals surface area contributed by atoms with E-state index in [0.717, 1.165) is 43.8 Å². The highest BCUT2D eigenvalue weighted by Gasteiger charge is 2.57. The Bertz CT molecular complexity index is 484. The molecule has 2 amide bonds. The van der Waals surface area contributed by atoms with Crippen molar-refractivity contribution in [2.45, 2.75) is 38.3 Å². The predicted octanol–water partition coefficient (Wildman–Crippen LogP) is 1.71.